The van der Waals surface area contributed by atoms with Crippen LogP contribution in [0.4, 0.5) is 0 Å². The van der Waals surface area contributed by atoms with Crippen molar-refractivity contribution < 1.29 is 9.90 Å². The highest BCUT2D eigenvalue weighted by atomic mass is 32.2. The van der Waals surface area contributed by atoms with Crippen LogP contribution in [0.1, 0.15) is 30.1 Å². The molecule has 3 N–H and O–H groups in total. The van der Waals surface area contributed by atoms with Gasteiger partial charge in [-0.05, 0) is 33.3 Å². The molecule has 2 unspecified atom stereocenters. The summed E-state index contributed by atoms with van der Waals surface area (Å²) in [4.78, 5) is 33.2. The first-order valence-electron chi connectivity index (χ1n) is 7.35. The molecule has 2 atom stereocenters. The van der Waals surface area contributed by atoms with Gasteiger partial charge in [0, 0.05) is 10.9 Å². The van der Waals surface area contributed by atoms with Crippen molar-refractivity contribution in [3.63, 3.8) is 0 Å². The highest BCUT2D eigenvalue weighted by Crippen LogP contribution is 2.26. The summed E-state index contributed by atoms with van der Waals surface area (Å²) in [5, 5.41) is 12.0. The molecule has 2 heterocycles. The van der Waals surface area contributed by atoms with E-state index in [1.165, 1.54) is 23.1 Å². The van der Waals surface area contributed by atoms with Crippen LogP contribution in [-0.2, 0) is 10.5 Å². The van der Waals surface area contributed by atoms with Gasteiger partial charge in [0.2, 0.25) is 5.91 Å². The van der Waals surface area contributed by atoms with Crippen LogP contribution < -0.4 is 10.9 Å². The van der Waals surface area contributed by atoms with Crippen molar-refractivity contribution in [1.29, 1.82) is 0 Å². The molecule has 8 heteroatoms. The summed E-state index contributed by atoms with van der Waals surface area (Å²) in [7, 11) is 0. The van der Waals surface area contributed by atoms with E-state index in [1.807, 2.05) is 13.8 Å². The third-order valence-electron chi connectivity index (χ3n) is 3.59. The summed E-state index contributed by atoms with van der Waals surface area (Å²) < 4.78 is 0. The van der Waals surface area contributed by atoms with E-state index >= 15 is 0 Å². The third-order valence-corrected chi connectivity index (χ3v) is 5.85. The van der Waals surface area contributed by atoms with E-state index < -0.39 is 0 Å². The lowest BCUT2D eigenvalue weighted by molar-refractivity contribution is -0.121. The number of hydrogen-bond acceptors (Lipinski definition) is 6. The predicted octanol–water partition coefficient (Wildman–Crippen LogP) is 1.72. The van der Waals surface area contributed by atoms with Gasteiger partial charge in [0.15, 0.2) is 0 Å². The zero-order valence-electron chi connectivity index (χ0n) is 13.6. The molecule has 0 aromatic carbocycles. The molecular formula is C15H21N3O3S2. The Morgan fingerprint density at radius 1 is 1.43 bits per heavy atom. The Morgan fingerprint density at radius 2 is 2.13 bits per heavy atom. The minimum Gasteiger partial charge on any atom is -0.394 e. The SMILES string of the molecule is Cc1sc2nc(CSC(C)C(=O)NC(C)CO)[nH]c(=O)c2c1C. The lowest BCUT2D eigenvalue weighted by Crippen LogP contribution is -2.39. The summed E-state index contributed by atoms with van der Waals surface area (Å²) in [6, 6.07) is -0.267. The monoisotopic (exact) mass is 355 g/mol. The summed E-state index contributed by atoms with van der Waals surface area (Å²) in [5.74, 6) is 0.884. The number of nitrogens with zero attached hydrogens (tertiary/aromatic N) is 1. The number of fused-ring (bicyclic) bond motifs is 1. The maximum atomic E-state index is 12.2. The van der Waals surface area contributed by atoms with Gasteiger partial charge in [0.05, 0.1) is 23.0 Å². The largest absolute Gasteiger partial charge is 0.394 e. The van der Waals surface area contributed by atoms with Gasteiger partial charge in [-0.1, -0.05) is 0 Å². The Hall–Kier alpha value is -1.38. The van der Waals surface area contributed by atoms with Crippen molar-refractivity contribution in [3.8, 4) is 0 Å². The number of thiophene rings is 1. The Kier molecular flexibility index (Phi) is 5.83. The number of aromatic amines is 1. The Morgan fingerprint density at radius 3 is 2.78 bits per heavy atom. The zero-order valence-corrected chi connectivity index (χ0v) is 15.2. The molecule has 0 saturated carbocycles. The summed E-state index contributed by atoms with van der Waals surface area (Å²) in [6.07, 6.45) is 0. The number of nitrogens with one attached hydrogen (secondary N) is 2. The fraction of sp³-hybridized carbons (Fsp3) is 0.533. The lowest BCUT2D eigenvalue weighted by Gasteiger charge is -2.15. The number of carbonyl (C=O) groups is 1. The van der Waals surface area contributed by atoms with Crippen LogP contribution in [-0.4, -0.2) is 38.9 Å². The molecule has 2 aromatic heterocycles. The van der Waals surface area contributed by atoms with Crippen molar-refractivity contribution in [2.24, 2.45) is 0 Å². The topological polar surface area (TPSA) is 95.1 Å². The number of amides is 1. The van der Waals surface area contributed by atoms with Crippen LogP contribution >= 0.6 is 23.1 Å². The number of aromatic nitrogens is 2. The third kappa shape index (κ3) is 4.13. The molecular weight excluding hydrogens is 334 g/mol. The first-order valence-corrected chi connectivity index (χ1v) is 9.21. The van der Waals surface area contributed by atoms with E-state index in [0.717, 1.165) is 15.3 Å². The van der Waals surface area contributed by atoms with E-state index in [4.69, 9.17) is 5.11 Å². The van der Waals surface area contributed by atoms with Gasteiger partial charge in [-0.25, -0.2) is 4.98 Å². The van der Waals surface area contributed by atoms with Gasteiger partial charge in [0.25, 0.3) is 5.56 Å². The van der Waals surface area contributed by atoms with Crippen molar-refractivity contribution >= 4 is 39.2 Å². The van der Waals surface area contributed by atoms with Gasteiger partial charge in [0.1, 0.15) is 10.7 Å². The second kappa shape index (κ2) is 7.46. The summed E-state index contributed by atoms with van der Waals surface area (Å²) >= 11 is 2.91. The average Bonchev–Trinajstić information content (AvgIpc) is 2.79. The molecule has 0 aliphatic rings. The van der Waals surface area contributed by atoms with Crippen LogP contribution in [0.2, 0.25) is 0 Å². The molecule has 0 radical (unpaired) electrons. The Labute approximate surface area is 142 Å². The van der Waals surface area contributed by atoms with Crippen LogP contribution in [0, 0.1) is 13.8 Å². The smallest absolute Gasteiger partial charge is 0.259 e. The van der Waals surface area contributed by atoms with Crippen LogP contribution in [0.5, 0.6) is 0 Å². The first kappa shape index (κ1) is 18.0. The number of carbonyl (C=O) groups excluding carboxylic acids is 1. The van der Waals surface area contributed by atoms with Crippen LogP contribution in [0.15, 0.2) is 4.79 Å². The molecule has 126 valence electrons. The van der Waals surface area contributed by atoms with E-state index in [9.17, 15) is 9.59 Å². The summed E-state index contributed by atoms with van der Waals surface area (Å²) in [5.41, 5.74) is 0.849. The van der Waals surface area contributed by atoms with Crippen LogP contribution in [0.25, 0.3) is 10.2 Å². The number of hydrogen-bond donors (Lipinski definition) is 3. The van der Waals surface area contributed by atoms with E-state index in [1.54, 1.807) is 13.8 Å². The molecule has 2 rings (SSSR count). The Balaban J connectivity index is 2.08. The molecule has 1 amide bonds. The van der Waals surface area contributed by atoms with E-state index in [-0.39, 0.29) is 29.4 Å². The number of H-pyrrole nitrogens is 1. The van der Waals surface area contributed by atoms with Gasteiger partial charge in [-0.15, -0.1) is 23.1 Å². The predicted molar refractivity (Wildman–Crippen MR) is 95.2 cm³/mol. The van der Waals surface area contributed by atoms with E-state index in [2.05, 4.69) is 15.3 Å². The molecule has 23 heavy (non-hydrogen) atoms. The van der Waals surface area contributed by atoms with Crippen molar-refractivity contribution in [3.05, 3.63) is 26.6 Å². The number of aliphatic hydroxyl groups excluding tert-OH is 1. The minimum absolute atomic E-state index is 0.0915. The molecule has 0 aliphatic heterocycles. The fourth-order valence-corrected chi connectivity index (χ4v) is 3.87. The van der Waals surface area contributed by atoms with Gasteiger partial charge < -0.3 is 15.4 Å². The highest BCUT2D eigenvalue weighted by molar-refractivity contribution is 7.99. The molecule has 0 aliphatic carbocycles. The molecule has 2 aromatic rings. The molecule has 6 nitrogen and oxygen atoms in total. The number of aryl methyl sites for hydroxylation is 2. The Bertz CT molecular complexity index is 769. The number of aliphatic hydroxyl groups is 1. The van der Waals surface area contributed by atoms with Gasteiger partial charge >= 0.3 is 0 Å². The van der Waals surface area contributed by atoms with Crippen LogP contribution in [0.3, 0.4) is 0 Å². The summed E-state index contributed by atoms with van der Waals surface area (Å²) in [6.45, 7) is 7.34. The lowest BCUT2D eigenvalue weighted by atomic mass is 10.2. The normalized spacial score (nSPS) is 14.0. The second-order valence-electron chi connectivity index (χ2n) is 5.52. The second-order valence-corrected chi connectivity index (χ2v) is 8.05. The quantitative estimate of drug-likeness (QED) is 0.733. The maximum Gasteiger partial charge on any atom is 0.259 e. The molecule has 0 spiro atoms. The van der Waals surface area contributed by atoms with Gasteiger partial charge in [-0.2, -0.15) is 0 Å². The molecule has 0 bridgehead atoms. The van der Waals surface area contributed by atoms with Crippen molar-refractivity contribution in [1.82, 2.24) is 15.3 Å². The molecule has 0 saturated heterocycles. The molecule has 0 fully saturated rings. The van der Waals surface area contributed by atoms with E-state index in [0.29, 0.717) is 17.0 Å². The van der Waals surface area contributed by atoms with Crippen molar-refractivity contribution in [2.45, 2.75) is 44.7 Å². The standard InChI is InChI=1S/C15H21N3O3S2/c1-7(5-19)16-13(20)10(4)22-6-11-17-14(21)12-8(2)9(3)23-15(12)18-11/h7,10,19H,5-6H2,1-4H3,(H,16,20)(H,17,18,21). The average molecular weight is 355 g/mol. The zero-order chi connectivity index (χ0) is 17.1. The van der Waals surface area contributed by atoms with Crippen molar-refractivity contribution in [2.75, 3.05) is 6.61 Å². The minimum atomic E-state index is -0.295. The fourth-order valence-electron chi connectivity index (χ4n) is 2.05. The number of thioether (sulfide) groups is 1. The maximum absolute atomic E-state index is 12.2. The van der Waals surface area contributed by atoms with Gasteiger partial charge in [-0.3, -0.25) is 9.59 Å². The number of rotatable bonds is 6. The highest BCUT2D eigenvalue weighted by Gasteiger charge is 2.17. The first-order chi connectivity index (χ1) is 10.8.